The third-order valence-corrected chi connectivity index (χ3v) is 2.68. The van der Waals surface area contributed by atoms with Crippen LogP contribution in [0.1, 0.15) is 63.6 Å². The summed E-state index contributed by atoms with van der Waals surface area (Å²) in [5.41, 5.74) is 6.84. The molecule has 0 radical (unpaired) electrons. The van der Waals surface area contributed by atoms with E-state index in [1.54, 1.807) is 6.20 Å². The van der Waals surface area contributed by atoms with Crippen molar-refractivity contribution in [2.75, 3.05) is 0 Å². The molecule has 0 aliphatic heterocycles. The molecule has 0 aliphatic rings. The van der Waals surface area contributed by atoms with Crippen molar-refractivity contribution < 1.29 is 0 Å². The van der Waals surface area contributed by atoms with Gasteiger partial charge in [-0.1, -0.05) is 45.4 Å². The molecule has 1 heterocycles. The Kier molecular flexibility index (Phi) is 6.00. The summed E-state index contributed by atoms with van der Waals surface area (Å²) in [5, 5.41) is 10.3. The number of hydrogen-bond acceptors (Lipinski definition) is 3. The highest BCUT2D eigenvalue weighted by atomic mass is 15.3. The van der Waals surface area contributed by atoms with Crippen LogP contribution < -0.4 is 5.73 Å². The Morgan fingerprint density at radius 2 is 2.00 bits per heavy atom. The van der Waals surface area contributed by atoms with Gasteiger partial charge >= 0.3 is 0 Å². The second-order valence-corrected chi connectivity index (χ2v) is 4.06. The van der Waals surface area contributed by atoms with Crippen LogP contribution in [0, 0.1) is 0 Å². The van der Waals surface area contributed by atoms with Crippen LogP contribution in [0.25, 0.3) is 0 Å². The van der Waals surface area contributed by atoms with Crippen LogP contribution in [0.3, 0.4) is 0 Å². The maximum absolute atomic E-state index is 5.96. The largest absolute Gasteiger partial charge is 0.323 e. The molecule has 1 aromatic heterocycles. The van der Waals surface area contributed by atoms with Gasteiger partial charge in [0.2, 0.25) is 0 Å². The summed E-state index contributed by atoms with van der Waals surface area (Å²) in [5.74, 6) is 0. The normalized spacial score (nSPS) is 12.9. The lowest BCUT2D eigenvalue weighted by Crippen LogP contribution is -2.10. The lowest BCUT2D eigenvalue weighted by Gasteiger charge is -2.07. The molecule has 1 aromatic rings. The van der Waals surface area contributed by atoms with Gasteiger partial charge in [-0.3, -0.25) is 0 Å². The van der Waals surface area contributed by atoms with E-state index < -0.39 is 0 Å². The summed E-state index contributed by atoms with van der Waals surface area (Å²) in [6, 6.07) is 0.0509. The summed E-state index contributed by atoms with van der Waals surface area (Å²) < 4.78 is 0. The minimum absolute atomic E-state index is 0.0509. The first-order chi connectivity index (χ1) is 7.34. The molecule has 0 aliphatic carbocycles. The third-order valence-electron chi connectivity index (χ3n) is 2.68. The van der Waals surface area contributed by atoms with Gasteiger partial charge in [-0.2, -0.15) is 15.4 Å². The van der Waals surface area contributed by atoms with Gasteiger partial charge in [0, 0.05) is 0 Å². The highest BCUT2D eigenvalue weighted by Crippen LogP contribution is 2.15. The Balaban J connectivity index is 2.00. The molecule has 86 valence electrons. The number of H-pyrrole nitrogens is 1. The van der Waals surface area contributed by atoms with Crippen LogP contribution in [0.2, 0.25) is 0 Å². The van der Waals surface area contributed by atoms with E-state index in [1.165, 1.54) is 38.5 Å². The highest BCUT2D eigenvalue weighted by Gasteiger charge is 2.07. The van der Waals surface area contributed by atoms with Gasteiger partial charge in [0.25, 0.3) is 0 Å². The molecule has 0 saturated heterocycles. The van der Waals surface area contributed by atoms with Gasteiger partial charge in [0.1, 0.15) is 0 Å². The molecule has 0 saturated carbocycles. The SMILES string of the molecule is CCCCCCCCC(N)c1cn[nH]n1. The monoisotopic (exact) mass is 210 g/mol. The van der Waals surface area contributed by atoms with Gasteiger partial charge in [-0.25, -0.2) is 0 Å². The molecule has 15 heavy (non-hydrogen) atoms. The molecule has 1 unspecified atom stereocenters. The lowest BCUT2D eigenvalue weighted by molar-refractivity contribution is 0.540. The first-order valence-corrected chi connectivity index (χ1v) is 5.96. The summed E-state index contributed by atoms with van der Waals surface area (Å²) in [6.07, 6.45) is 10.5. The molecule has 0 bridgehead atoms. The fraction of sp³-hybridized carbons (Fsp3) is 0.818. The van der Waals surface area contributed by atoms with E-state index in [9.17, 15) is 0 Å². The molecule has 4 nitrogen and oxygen atoms in total. The first-order valence-electron chi connectivity index (χ1n) is 5.96. The van der Waals surface area contributed by atoms with Crippen LogP contribution in [0.15, 0.2) is 6.20 Å². The van der Waals surface area contributed by atoms with Crippen LogP contribution in [0.5, 0.6) is 0 Å². The third kappa shape index (κ3) is 4.93. The zero-order valence-corrected chi connectivity index (χ0v) is 9.58. The average Bonchev–Trinajstić information content (AvgIpc) is 2.76. The fourth-order valence-corrected chi connectivity index (χ4v) is 1.68. The quantitative estimate of drug-likeness (QED) is 0.648. The highest BCUT2D eigenvalue weighted by molar-refractivity contribution is 4.97. The Morgan fingerprint density at radius 1 is 1.27 bits per heavy atom. The maximum Gasteiger partial charge on any atom is 0.0991 e. The summed E-state index contributed by atoms with van der Waals surface area (Å²) in [6.45, 7) is 2.24. The maximum atomic E-state index is 5.96. The average molecular weight is 210 g/mol. The Labute approximate surface area is 91.6 Å². The van der Waals surface area contributed by atoms with Crippen LogP contribution in [0.4, 0.5) is 0 Å². The standard InChI is InChI=1S/C11H22N4/c1-2-3-4-5-6-7-8-10(12)11-9-13-15-14-11/h9-10H,2-8,12H2,1H3,(H,13,14,15). The number of aromatic nitrogens is 3. The van der Waals surface area contributed by atoms with Crippen molar-refractivity contribution in [3.8, 4) is 0 Å². The summed E-state index contributed by atoms with van der Waals surface area (Å²) in [4.78, 5) is 0. The Bertz CT molecular complexity index is 233. The predicted molar refractivity (Wildman–Crippen MR) is 61.3 cm³/mol. The lowest BCUT2D eigenvalue weighted by atomic mass is 10.0. The van der Waals surface area contributed by atoms with Crippen molar-refractivity contribution in [2.24, 2.45) is 5.73 Å². The van der Waals surface area contributed by atoms with Crippen molar-refractivity contribution in [1.82, 2.24) is 15.4 Å². The van der Waals surface area contributed by atoms with E-state index in [0.29, 0.717) is 0 Å². The Hall–Kier alpha value is -0.900. The van der Waals surface area contributed by atoms with Crippen molar-refractivity contribution in [3.63, 3.8) is 0 Å². The predicted octanol–water partition coefficient (Wildman–Crippen LogP) is 2.56. The fourth-order valence-electron chi connectivity index (χ4n) is 1.68. The number of nitrogens with two attached hydrogens (primary N) is 1. The molecule has 0 spiro atoms. The van der Waals surface area contributed by atoms with Crippen molar-refractivity contribution in [3.05, 3.63) is 11.9 Å². The van der Waals surface area contributed by atoms with Gasteiger partial charge < -0.3 is 5.73 Å². The van der Waals surface area contributed by atoms with Gasteiger partial charge in [-0.05, 0) is 6.42 Å². The minimum Gasteiger partial charge on any atom is -0.323 e. The molecule has 3 N–H and O–H groups in total. The van der Waals surface area contributed by atoms with Gasteiger partial charge in [0.05, 0.1) is 17.9 Å². The molecular weight excluding hydrogens is 188 g/mol. The molecule has 0 amide bonds. The van der Waals surface area contributed by atoms with Gasteiger partial charge in [-0.15, -0.1) is 0 Å². The number of rotatable bonds is 8. The van der Waals surface area contributed by atoms with Crippen molar-refractivity contribution in [2.45, 2.75) is 57.9 Å². The number of aromatic amines is 1. The molecule has 0 fully saturated rings. The van der Waals surface area contributed by atoms with Gasteiger partial charge in [0.15, 0.2) is 0 Å². The molecule has 0 aromatic carbocycles. The van der Waals surface area contributed by atoms with E-state index in [0.717, 1.165) is 12.1 Å². The first kappa shape index (κ1) is 12.2. The van der Waals surface area contributed by atoms with E-state index >= 15 is 0 Å². The smallest absolute Gasteiger partial charge is 0.0991 e. The minimum atomic E-state index is 0.0509. The molecule has 4 heteroatoms. The molecule has 1 atom stereocenters. The number of unbranched alkanes of at least 4 members (excludes halogenated alkanes) is 5. The van der Waals surface area contributed by atoms with E-state index in [1.807, 2.05) is 0 Å². The van der Waals surface area contributed by atoms with E-state index in [2.05, 4.69) is 22.3 Å². The van der Waals surface area contributed by atoms with Crippen molar-refractivity contribution in [1.29, 1.82) is 0 Å². The summed E-state index contributed by atoms with van der Waals surface area (Å²) in [7, 11) is 0. The second-order valence-electron chi connectivity index (χ2n) is 4.06. The van der Waals surface area contributed by atoms with Crippen LogP contribution in [-0.4, -0.2) is 15.4 Å². The van der Waals surface area contributed by atoms with Crippen LogP contribution in [-0.2, 0) is 0 Å². The second kappa shape index (κ2) is 7.40. The van der Waals surface area contributed by atoms with E-state index in [4.69, 9.17) is 5.73 Å². The Morgan fingerprint density at radius 3 is 2.67 bits per heavy atom. The summed E-state index contributed by atoms with van der Waals surface area (Å²) >= 11 is 0. The topological polar surface area (TPSA) is 67.6 Å². The van der Waals surface area contributed by atoms with Crippen molar-refractivity contribution >= 4 is 0 Å². The van der Waals surface area contributed by atoms with Crippen LogP contribution >= 0.6 is 0 Å². The van der Waals surface area contributed by atoms with E-state index in [-0.39, 0.29) is 6.04 Å². The molecule has 1 rings (SSSR count). The molecular formula is C11H22N4. The zero-order valence-electron chi connectivity index (χ0n) is 9.58. The number of nitrogens with zero attached hydrogens (tertiary/aromatic N) is 2. The zero-order chi connectivity index (χ0) is 10.9. The number of hydrogen-bond donors (Lipinski definition) is 2. The number of nitrogens with one attached hydrogen (secondary N) is 1.